The summed E-state index contributed by atoms with van der Waals surface area (Å²) in [6.45, 7) is 3.14. The summed E-state index contributed by atoms with van der Waals surface area (Å²) in [6, 6.07) is -1.38. The van der Waals surface area contributed by atoms with E-state index in [1.807, 2.05) is 6.92 Å². The third kappa shape index (κ3) is 7.29. The lowest BCUT2D eigenvalue weighted by Crippen LogP contribution is -2.47. The molecule has 0 bridgehead atoms. The number of nitrogens with two attached hydrogens (primary N) is 1. The minimum absolute atomic E-state index is 0.0639. The van der Waals surface area contributed by atoms with Gasteiger partial charge in [-0.2, -0.15) is 0 Å². The number of rotatable bonds is 8. The third-order valence-electron chi connectivity index (χ3n) is 2.12. The number of hydrogen-bond donors (Lipinski definition) is 3. The molecule has 7 nitrogen and oxygen atoms in total. The van der Waals surface area contributed by atoms with E-state index < -0.39 is 23.9 Å². The van der Waals surface area contributed by atoms with E-state index in [9.17, 15) is 14.4 Å². The van der Waals surface area contributed by atoms with Crippen LogP contribution in [0.25, 0.3) is 0 Å². The summed E-state index contributed by atoms with van der Waals surface area (Å²) >= 11 is 0. The number of hydrogen-bond acceptors (Lipinski definition) is 5. The zero-order valence-corrected chi connectivity index (χ0v) is 9.93. The van der Waals surface area contributed by atoms with Crippen LogP contribution >= 0.6 is 0 Å². The minimum Gasteiger partial charge on any atom is -0.480 e. The molecular formula is C10H18N2O5. The van der Waals surface area contributed by atoms with E-state index in [4.69, 9.17) is 15.6 Å². The fourth-order valence-electron chi connectivity index (χ4n) is 1.20. The number of esters is 1. The van der Waals surface area contributed by atoms with Gasteiger partial charge in [-0.15, -0.1) is 0 Å². The first-order valence-corrected chi connectivity index (χ1v) is 5.27. The van der Waals surface area contributed by atoms with Crippen LogP contribution in [0.1, 0.15) is 26.7 Å². The Morgan fingerprint density at radius 3 is 2.35 bits per heavy atom. The molecule has 0 rings (SSSR count). The van der Waals surface area contributed by atoms with Crippen molar-refractivity contribution in [3.05, 3.63) is 0 Å². The van der Waals surface area contributed by atoms with Crippen LogP contribution < -0.4 is 11.1 Å². The number of ether oxygens (including phenoxy) is 1. The maximum Gasteiger partial charge on any atom is 0.321 e. The molecule has 0 aromatic rings. The molecule has 1 unspecified atom stereocenters. The Kier molecular flexibility index (Phi) is 6.88. The van der Waals surface area contributed by atoms with Crippen molar-refractivity contribution >= 4 is 17.8 Å². The number of carbonyl (C=O) groups excluding carboxylic acids is 2. The molecule has 0 aliphatic heterocycles. The topological polar surface area (TPSA) is 119 Å². The standard InChI is InChI=1S/C10H18N2O5/c1-3-7(5-17-6(2)13)12-8(10(15)16)4-9(11)14/h7-8,12H,3-5H2,1-2H3,(H2,11,14)(H,15,16)/t7?,8-/m0/s1. The van der Waals surface area contributed by atoms with Gasteiger partial charge in [0.05, 0.1) is 6.42 Å². The average Bonchev–Trinajstić information content (AvgIpc) is 2.21. The first-order valence-electron chi connectivity index (χ1n) is 5.27. The van der Waals surface area contributed by atoms with E-state index in [1.165, 1.54) is 6.92 Å². The van der Waals surface area contributed by atoms with Crippen LogP contribution in [0.5, 0.6) is 0 Å². The van der Waals surface area contributed by atoms with Gasteiger partial charge in [-0.05, 0) is 6.42 Å². The molecule has 4 N–H and O–H groups in total. The highest BCUT2D eigenvalue weighted by Gasteiger charge is 2.23. The highest BCUT2D eigenvalue weighted by Crippen LogP contribution is 1.99. The normalized spacial score (nSPS) is 13.8. The lowest BCUT2D eigenvalue weighted by molar-refractivity contribution is -0.143. The van der Waals surface area contributed by atoms with E-state index in [2.05, 4.69) is 5.32 Å². The number of primary amides is 1. The molecule has 0 fully saturated rings. The maximum absolute atomic E-state index is 10.8. The lowest BCUT2D eigenvalue weighted by atomic mass is 10.1. The van der Waals surface area contributed by atoms with Gasteiger partial charge in [0.25, 0.3) is 0 Å². The SMILES string of the molecule is CCC(COC(C)=O)N[C@@H](CC(N)=O)C(=O)O. The average molecular weight is 246 g/mol. The molecule has 0 aliphatic rings. The van der Waals surface area contributed by atoms with E-state index >= 15 is 0 Å². The zero-order chi connectivity index (χ0) is 13.4. The first-order chi connectivity index (χ1) is 7.86. The number of carboxylic acid groups (broad SMARTS) is 1. The summed E-state index contributed by atoms with van der Waals surface area (Å²) in [4.78, 5) is 32.2. The third-order valence-corrected chi connectivity index (χ3v) is 2.12. The number of carbonyl (C=O) groups is 3. The molecule has 0 saturated carbocycles. The van der Waals surface area contributed by atoms with Crippen molar-refractivity contribution in [2.45, 2.75) is 38.8 Å². The first kappa shape index (κ1) is 15.4. The van der Waals surface area contributed by atoms with Crippen LogP contribution in [-0.2, 0) is 19.1 Å². The number of carboxylic acids is 1. The van der Waals surface area contributed by atoms with Gasteiger partial charge < -0.3 is 15.6 Å². The van der Waals surface area contributed by atoms with Gasteiger partial charge in [0.15, 0.2) is 0 Å². The molecule has 0 aliphatic carbocycles. The van der Waals surface area contributed by atoms with Crippen molar-refractivity contribution in [3.8, 4) is 0 Å². The van der Waals surface area contributed by atoms with Gasteiger partial charge >= 0.3 is 11.9 Å². The van der Waals surface area contributed by atoms with Crippen LogP contribution in [0.2, 0.25) is 0 Å². The molecule has 17 heavy (non-hydrogen) atoms. The predicted molar refractivity (Wildman–Crippen MR) is 59.1 cm³/mol. The van der Waals surface area contributed by atoms with Crippen molar-refractivity contribution in [2.75, 3.05) is 6.61 Å². The van der Waals surface area contributed by atoms with Crippen LogP contribution in [0.3, 0.4) is 0 Å². The highest BCUT2D eigenvalue weighted by molar-refractivity contribution is 5.83. The van der Waals surface area contributed by atoms with Crippen LogP contribution in [0.4, 0.5) is 0 Å². The van der Waals surface area contributed by atoms with Crippen LogP contribution in [-0.4, -0.2) is 41.6 Å². The Bertz CT molecular complexity index is 292. The number of aliphatic carboxylic acids is 1. The Labute approximate surface area is 99.3 Å². The lowest BCUT2D eigenvalue weighted by Gasteiger charge is -2.21. The van der Waals surface area contributed by atoms with Gasteiger partial charge in [-0.3, -0.25) is 19.7 Å². The van der Waals surface area contributed by atoms with Crippen LogP contribution in [0.15, 0.2) is 0 Å². The summed E-state index contributed by atoms with van der Waals surface area (Å²) in [7, 11) is 0. The number of nitrogens with one attached hydrogen (secondary N) is 1. The van der Waals surface area contributed by atoms with E-state index in [0.717, 1.165) is 0 Å². The molecule has 7 heteroatoms. The summed E-state index contributed by atoms with van der Waals surface area (Å²) in [5.41, 5.74) is 4.94. The molecule has 0 spiro atoms. The van der Waals surface area contributed by atoms with Crippen molar-refractivity contribution < 1.29 is 24.2 Å². The van der Waals surface area contributed by atoms with Gasteiger partial charge in [0, 0.05) is 13.0 Å². The van der Waals surface area contributed by atoms with E-state index in [-0.39, 0.29) is 19.1 Å². The molecule has 0 radical (unpaired) electrons. The second-order valence-electron chi connectivity index (χ2n) is 3.64. The molecule has 0 aromatic carbocycles. The number of amides is 1. The summed E-state index contributed by atoms with van der Waals surface area (Å²) in [5.74, 6) is -2.30. The fourth-order valence-corrected chi connectivity index (χ4v) is 1.20. The smallest absolute Gasteiger partial charge is 0.321 e. The Morgan fingerprint density at radius 1 is 1.41 bits per heavy atom. The second kappa shape index (κ2) is 7.61. The Morgan fingerprint density at radius 2 is 2.00 bits per heavy atom. The maximum atomic E-state index is 10.8. The molecular weight excluding hydrogens is 228 g/mol. The molecule has 98 valence electrons. The Balaban J connectivity index is 4.32. The zero-order valence-electron chi connectivity index (χ0n) is 9.93. The van der Waals surface area contributed by atoms with Gasteiger partial charge in [-0.25, -0.2) is 0 Å². The molecule has 1 amide bonds. The minimum atomic E-state index is -1.16. The molecule has 0 aromatic heterocycles. The van der Waals surface area contributed by atoms with Gasteiger partial charge in [-0.1, -0.05) is 6.92 Å². The quantitative estimate of drug-likeness (QED) is 0.485. The van der Waals surface area contributed by atoms with Crippen molar-refractivity contribution in [3.63, 3.8) is 0 Å². The fraction of sp³-hybridized carbons (Fsp3) is 0.700. The van der Waals surface area contributed by atoms with Crippen molar-refractivity contribution in [1.82, 2.24) is 5.32 Å². The molecule has 2 atom stereocenters. The van der Waals surface area contributed by atoms with Crippen molar-refractivity contribution in [1.29, 1.82) is 0 Å². The van der Waals surface area contributed by atoms with Crippen LogP contribution in [0, 0.1) is 0 Å². The molecule has 0 heterocycles. The van der Waals surface area contributed by atoms with Crippen molar-refractivity contribution in [2.24, 2.45) is 5.73 Å². The largest absolute Gasteiger partial charge is 0.480 e. The summed E-state index contributed by atoms with van der Waals surface area (Å²) < 4.78 is 4.77. The van der Waals surface area contributed by atoms with Gasteiger partial charge in [0.1, 0.15) is 12.6 Å². The summed E-state index contributed by atoms with van der Waals surface area (Å²) in [5, 5.41) is 11.6. The second-order valence-corrected chi connectivity index (χ2v) is 3.64. The predicted octanol–water partition coefficient (Wildman–Crippen LogP) is -0.754. The monoisotopic (exact) mass is 246 g/mol. The Hall–Kier alpha value is -1.63. The van der Waals surface area contributed by atoms with Gasteiger partial charge in [0.2, 0.25) is 5.91 Å². The van der Waals surface area contributed by atoms with E-state index in [0.29, 0.717) is 6.42 Å². The highest BCUT2D eigenvalue weighted by atomic mass is 16.5. The molecule has 0 saturated heterocycles. The summed E-state index contributed by atoms with van der Waals surface area (Å²) in [6.07, 6.45) is 0.266. The van der Waals surface area contributed by atoms with E-state index in [1.54, 1.807) is 0 Å².